The number of nitrogens with one attached hydrogen (secondary N) is 2. The number of aromatic nitrogens is 1. The molecule has 0 radical (unpaired) electrons. The van der Waals surface area contributed by atoms with E-state index in [9.17, 15) is 9.59 Å². The van der Waals surface area contributed by atoms with E-state index in [4.69, 9.17) is 16.1 Å². The molecule has 0 aliphatic carbocycles. The molecule has 0 fully saturated rings. The number of hydrogen-bond donors (Lipinski definition) is 2. The monoisotopic (exact) mass is 339 g/mol. The van der Waals surface area contributed by atoms with Gasteiger partial charge in [0.2, 0.25) is 5.91 Å². The number of aryl methyl sites for hydroxylation is 2. The molecular weight excluding hydrogens is 326 g/mol. The van der Waals surface area contributed by atoms with Gasteiger partial charge in [0, 0.05) is 9.92 Å². The van der Waals surface area contributed by atoms with Crippen LogP contribution >= 0.6 is 23.4 Å². The van der Waals surface area contributed by atoms with E-state index in [0.29, 0.717) is 22.0 Å². The molecule has 116 valence electrons. The molecule has 0 aliphatic rings. The summed E-state index contributed by atoms with van der Waals surface area (Å²) in [5.41, 5.74) is 5.49. The topological polar surface area (TPSA) is 84.2 Å². The zero-order valence-electron chi connectivity index (χ0n) is 12.0. The van der Waals surface area contributed by atoms with E-state index in [1.807, 2.05) is 12.1 Å². The van der Waals surface area contributed by atoms with Gasteiger partial charge in [-0.05, 0) is 38.1 Å². The van der Waals surface area contributed by atoms with Gasteiger partial charge in [-0.1, -0.05) is 16.8 Å². The third kappa shape index (κ3) is 4.25. The maximum Gasteiger partial charge on any atom is 0.275 e. The van der Waals surface area contributed by atoms with Crippen molar-refractivity contribution in [3.05, 3.63) is 46.3 Å². The van der Waals surface area contributed by atoms with Crippen molar-refractivity contribution in [1.29, 1.82) is 0 Å². The maximum atomic E-state index is 11.9. The predicted octanol–water partition coefficient (Wildman–Crippen LogP) is 2.50. The Kier molecular flexibility index (Phi) is 5.46. The van der Waals surface area contributed by atoms with Crippen molar-refractivity contribution >= 4 is 35.2 Å². The molecular formula is C14H14ClN3O3S. The lowest BCUT2D eigenvalue weighted by molar-refractivity contribution is -0.119. The highest BCUT2D eigenvalue weighted by atomic mass is 35.5. The van der Waals surface area contributed by atoms with Crippen LogP contribution in [-0.4, -0.2) is 22.7 Å². The smallest absolute Gasteiger partial charge is 0.275 e. The molecule has 0 aliphatic heterocycles. The molecule has 8 heteroatoms. The first kappa shape index (κ1) is 16.4. The number of rotatable bonds is 4. The lowest BCUT2D eigenvalue weighted by Gasteiger charge is -2.07. The molecule has 2 N–H and O–H groups in total. The molecule has 0 unspecified atom stereocenters. The number of thioether (sulfide) groups is 1. The summed E-state index contributed by atoms with van der Waals surface area (Å²) in [5, 5.41) is 4.32. The van der Waals surface area contributed by atoms with Crippen molar-refractivity contribution in [2.75, 3.05) is 5.75 Å². The Morgan fingerprint density at radius 2 is 1.91 bits per heavy atom. The van der Waals surface area contributed by atoms with E-state index in [1.165, 1.54) is 11.8 Å². The van der Waals surface area contributed by atoms with Crippen LogP contribution in [-0.2, 0) is 4.79 Å². The van der Waals surface area contributed by atoms with Crippen molar-refractivity contribution in [3.8, 4) is 0 Å². The van der Waals surface area contributed by atoms with Gasteiger partial charge in [0.05, 0.1) is 11.4 Å². The van der Waals surface area contributed by atoms with Gasteiger partial charge in [0.1, 0.15) is 11.3 Å². The fourth-order valence-corrected chi connectivity index (χ4v) is 2.54. The average molecular weight is 340 g/mol. The van der Waals surface area contributed by atoms with Crippen LogP contribution in [0.25, 0.3) is 0 Å². The number of hydrogen-bond acceptors (Lipinski definition) is 5. The number of amides is 2. The molecule has 0 spiro atoms. The Hall–Kier alpha value is -1.99. The largest absolute Gasteiger partial charge is 0.361 e. The normalized spacial score (nSPS) is 10.3. The molecule has 1 aromatic carbocycles. The summed E-state index contributed by atoms with van der Waals surface area (Å²) in [7, 11) is 0. The summed E-state index contributed by atoms with van der Waals surface area (Å²) in [6, 6.07) is 7.15. The van der Waals surface area contributed by atoms with E-state index in [2.05, 4.69) is 16.0 Å². The summed E-state index contributed by atoms with van der Waals surface area (Å²) in [6.07, 6.45) is 0. The minimum Gasteiger partial charge on any atom is -0.361 e. The second-order valence-electron chi connectivity index (χ2n) is 4.44. The predicted molar refractivity (Wildman–Crippen MR) is 83.8 cm³/mol. The molecule has 0 atom stereocenters. The van der Waals surface area contributed by atoms with E-state index in [0.717, 1.165) is 4.90 Å². The zero-order chi connectivity index (χ0) is 16.1. The lowest BCUT2D eigenvalue weighted by Crippen LogP contribution is -2.42. The summed E-state index contributed by atoms with van der Waals surface area (Å²) >= 11 is 7.12. The summed E-state index contributed by atoms with van der Waals surface area (Å²) < 4.78 is 4.90. The summed E-state index contributed by atoms with van der Waals surface area (Å²) in [4.78, 5) is 24.5. The lowest BCUT2D eigenvalue weighted by atomic mass is 10.2. The Balaban J connectivity index is 1.80. The Labute approximate surface area is 136 Å². The zero-order valence-corrected chi connectivity index (χ0v) is 13.5. The maximum absolute atomic E-state index is 11.9. The summed E-state index contributed by atoms with van der Waals surface area (Å²) in [6.45, 7) is 3.29. The Bertz CT molecular complexity index is 666. The van der Waals surface area contributed by atoms with Crippen LogP contribution in [0.4, 0.5) is 0 Å². The molecule has 2 amide bonds. The van der Waals surface area contributed by atoms with Crippen molar-refractivity contribution in [2.45, 2.75) is 18.7 Å². The van der Waals surface area contributed by atoms with Gasteiger partial charge in [-0.2, -0.15) is 0 Å². The third-order valence-corrected chi connectivity index (χ3v) is 4.02. The third-order valence-electron chi connectivity index (χ3n) is 2.76. The fourth-order valence-electron chi connectivity index (χ4n) is 1.71. The molecule has 22 heavy (non-hydrogen) atoms. The highest BCUT2D eigenvalue weighted by molar-refractivity contribution is 8.00. The standard InChI is InChI=1S/C14H14ClN3O3S/c1-8-13(9(2)21-18-8)14(20)17-16-12(19)7-22-11-5-3-10(15)4-6-11/h3-6H,7H2,1-2H3,(H,16,19)(H,17,20). The van der Waals surface area contributed by atoms with E-state index in [1.54, 1.807) is 26.0 Å². The van der Waals surface area contributed by atoms with E-state index in [-0.39, 0.29) is 11.7 Å². The highest BCUT2D eigenvalue weighted by Crippen LogP contribution is 2.19. The Morgan fingerprint density at radius 3 is 2.50 bits per heavy atom. The van der Waals surface area contributed by atoms with Crippen molar-refractivity contribution in [1.82, 2.24) is 16.0 Å². The second kappa shape index (κ2) is 7.33. The number of halogens is 1. The van der Waals surface area contributed by atoms with Gasteiger partial charge in [0.15, 0.2) is 0 Å². The van der Waals surface area contributed by atoms with Crippen LogP contribution in [0.2, 0.25) is 5.02 Å². The molecule has 2 rings (SSSR count). The van der Waals surface area contributed by atoms with Crippen molar-refractivity contribution in [2.24, 2.45) is 0 Å². The van der Waals surface area contributed by atoms with Gasteiger partial charge in [-0.3, -0.25) is 20.4 Å². The van der Waals surface area contributed by atoms with Gasteiger partial charge in [0.25, 0.3) is 5.91 Å². The van der Waals surface area contributed by atoms with E-state index < -0.39 is 5.91 Å². The number of hydrazine groups is 1. The Morgan fingerprint density at radius 1 is 1.23 bits per heavy atom. The van der Waals surface area contributed by atoms with Gasteiger partial charge in [-0.25, -0.2) is 0 Å². The molecule has 0 saturated heterocycles. The van der Waals surface area contributed by atoms with E-state index >= 15 is 0 Å². The van der Waals surface area contributed by atoms with Gasteiger partial charge < -0.3 is 4.52 Å². The molecule has 1 heterocycles. The highest BCUT2D eigenvalue weighted by Gasteiger charge is 2.17. The number of carbonyl (C=O) groups is 2. The van der Waals surface area contributed by atoms with Crippen molar-refractivity contribution < 1.29 is 14.1 Å². The average Bonchev–Trinajstić information content (AvgIpc) is 2.83. The van der Waals surface area contributed by atoms with Crippen LogP contribution in [0.1, 0.15) is 21.8 Å². The van der Waals surface area contributed by atoms with Crippen LogP contribution in [0.3, 0.4) is 0 Å². The fraction of sp³-hybridized carbons (Fsp3) is 0.214. The van der Waals surface area contributed by atoms with Gasteiger partial charge >= 0.3 is 0 Å². The number of nitrogens with zero attached hydrogens (tertiary/aromatic N) is 1. The first-order valence-corrected chi connectivity index (χ1v) is 7.74. The first-order valence-electron chi connectivity index (χ1n) is 6.38. The van der Waals surface area contributed by atoms with Gasteiger partial charge in [-0.15, -0.1) is 11.8 Å². The van der Waals surface area contributed by atoms with Crippen LogP contribution in [0, 0.1) is 13.8 Å². The molecule has 0 bridgehead atoms. The minimum absolute atomic E-state index is 0.170. The molecule has 1 aromatic heterocycles. The number of benzene rings is 1. The minimum atomic E-state index is -0.457. The van der Waals surface area contributed by atoms with Crippen molar-refractivity contribution in [3.63, 3.8) is 0 Å². The quantitative estimate of drug-likeness (QED) is 0.660. The molecule has 6 nitrogen and oxygen atoms in total. The second-order valence-corrected chi connectivity index (χ2v) is 5.93. The summed E-state index contributed by atoms with van der Waals surface area (Å²) in [5.74, 6) is -0.204. The van der Waals surface area contributed by atoms with Crippen LogP contribution < -0.4 is 10.9 Å². The van der Waals surface area contributed by atoms with Crippen LogP contribution in [0.15, 0.2) is 33.7 Å². The number of carbonyl (C=O) groups excluding carboxylic acids is 2. The SMILES string of the molecule is Cc1noc(C)c1C(=O)NNC(=O)CSc1ccc(Cl)cc1. The molecule has 0 saturated carbocycles. The first-order chi connectivity index (χ1) is 10.5. The molecule has 2 aromatic rings. The van der Waals surface area contributed by atoms with Crippen LogP contribution in [0.5, 0.6) is 0 Å².